The molecule has 5 atom stereocenters. The monoisotopic (exact) mass is 496 g/mol. The third-order valence-electron chi connectivity index (χ3n) is 7.14. The van der Waals surface area contributed by atoms with Gasteiger partial charge >= 0.3 is 17.9 Å². The van der Waals surface area contributed by atoms with Crippen molar-refractivity contribution in [1.29, 1.82) is 0 Å². The number of epoxide rings is 1. The molecule has 0 spiro atoms. The zero-order valence-corrected chi connectivity index (χ0v) is 22.3. The summed E-state index contributed by atoms with van der Waals surface area (Å²) < 4.78 is 21.1. The highest BCUT2D eigenvalue weighted by molar-refractivity contribution is 5.70. The molecule has 1 heterocycles. The van der Waals surface area contributed by atoms with Crippen molar-refractivity contribution in [2.75, 3.05) is 13.2 Å². The zero-order valence-electron chi connectivity index (χ0n) is 22.3. The topological polar surface area (TPSA) is 91.4 Å². The molecule has 0 radical (unpaired) electrons. The Morgan fingerprint density at radius 3 is 1.86 bits per heavy atom. The number of esters is 3. The van der Waals surface area contributed by atoms with Gasteiger partial charge in [-0.15, -0.1) is 0 Å². The Morgan fingerprint density at radius 2 is 1.29 bits per heavy atom. The minimum atomic E-state index is -0.763. The van der Waals surface area contributed by atoms with Crippen molar-refractivity contribution in [3.63, 3.8) is 0 Å². The molecule has 1 aliphatic heterocycles. The molecule has 1 aliphatic carbocycles. The van der Waals surface area contributed by atoms with Gasteiger partial charge in [-0.3, -0.25) is 14.4 Å². The van der Waals surface area contributed by atoms with Gasteiger partial charge in [-0.2, -0.15) is 0 Å². The van der Waals surface area contributed by atoms with Gasteiger partial charge in [-0.1, -0.05) is 64.7 Å². The van der Waals surface area contributed by atoms with Crippen LogP contribution in [0.15, 0.2) is 0 Å². The SMILES string of the molecule is CC(=O)OCC(COC(=O)CCCCCCCC1CC1C)OC(=O)CCCCCCCC1OC1C. The summed E-state index contributed by atoms with van der Waals surface area (Å²) in [5.41, 5.74) is 0. The van der Waals surface area contributed by atoms with Crippen LogP contribution in [0.2, 0.25) is 0 Å². The molecule has 7 nitrogen and oxygen atoms in total. The molecular formula is C28H48O7. The van der Waals surface area contributed by atoms with Crippen LogP contribution in [-0.4, -0.2) is 49.4 Å². The Bertz CT molecular complexity index is 635. The molecular weight excluding hydrogens is 448 g/mol. The standard InChI is InChI=1S/C28H48O7/c1-21-18-24(21)14-10-6-4-8-12-16-27(30)33-20-25(19-32-23(3)29)35-28(31)17-13-9-5-7-11-15-26-22(2)34-26/h21-22,24-26H,4-20H2,1-3H3. The summed E-state index contributed by atoms with van der Waals surface area (Å²) in [6.07, 6.45) is 15.3. The van der Waals surface area contributed by atoms with Gasteiger partial charge < -0.3 is 18.9 Å². The molecule has 0 bridgehead atoms. The smallest absolute Gasteiger partial charge is 0.306 e. The number of carbonyl (C=O) groups is 3. The summed E-state index contributed by atoms with van der Waals surface area (Å²) in [5, 5.41) is 0. The van der Waals surface area contributed by atoms with Crippen molar-refractivity contribution >= 4 is 17.9 Å². The average Bonchev–Trinajstić information content (AvgIpc) is 3.72. The van der Waals surface area contributed by atoms with Crippen LogP contribution in [0.5, 0.6) is 0 Å². The summed E-state index contributed by atoms with van der Waals surface area (Å²) in [6.45, 7) is 5.54. The third-order valence-corrected chi connectivity index (χ3v) is 7.14. The van der Waals surface area contributed by atoms with Crippen LogP contribution in [0.1, 0.15) is 117 Å². The van der Waals surface area contributed by atoms with E-state index in [1.807, 2.05) is 0 Å². The second kappa shape index (κ2) is 16.9. The van der Waals surface area contributed by atoms with Crippen LogP contribution in [-0.2, 0) is 33.3 Å². The Labute approximate surface area is 212 Å². The number of hydrogen-bond donors (Lipinski definition) is 0. The molecule has 7 heteroatoms. The van der Waals surface area contributed by atoms with Gasteiger partial charge in [0.15, 0.2) is 6.10 Å². The van der Waals surface area contributed by atoms with E-state index in [1.54, 1.807) is 0 Å². The fraction of sp³-hybridized carbons (Fsp3) is 0.893. The van der Waals surface area contributed by atoms with Crippen LogP contribution < -0.4 is 0 Å². The van der Waals surface area contributed by atoms with Gasteiger partial charge in [-0.05, 0) is 44.4 Å². The lowest BCUT2D eigenvalue weighted by atomic mass is 10.1. The highest BCUT2D eigenvalue weighted by Gasteiger charge is 2.33. The number of ether oxygens (including phenoxy) is 4. The molecule has 202 valence electrons. The van der Waals surface area contributed by atoms with Gasteiger partial charge in [0.2, 0.25) is 0 Å². The number of carbonyl (C=O) groups excluding carboxylic acids is 3. The first-order chi connectivity index (χ1) is 16.8. The largest absolute Gasteiger partial charge is 0.462 e. The average molecular weight is 497 g/mol. The third kappa shape index (κ3) is 15.2. The van der Waals surface area contributed by atoms with Crippen molar-refractivity contribution < 1.29 is 33.3 Å². The summed E-state index contributed by atoms with van der Waals surface area (Å²) in [6, 6.07) is 0. The van der Waals surface area contributed by atoms with E-state index < -0.39 is 12.1 Å². The maximum Gasteiger partial charge on any atom is 0.306 e. The van der Waals surface area contributed by atoms with Crippen molar-refractivity contribution in [3.8, 4) is 0 Å². The number of rotatable bonds is 21. The molecule has 2 fully saturated rings. The molecule has 0 amide bonds. The maximum absolute atomic E-state index is 12.2. The van der Waals surface area contributed by atoms with E-state index in [0.29, 0.717) is 25.0 Å². The molecule has 1 saturated heterocycles. The van der Waals surface area contributed by atoms with E-state index in [9.17, 15) is 14.4 Å². The predicted molar refractivity (Wildman–Crippen MR) is 134 cm³/mol. The quantitative estimate of drug-likeness (QED) is 0.0844. The van der Waals surface area contributed by atoms with Gasteiger partial charge in [0.1, 0.15) is 13.2 Å². The van der Waals surface area contributed by atoms with Gasteiger partial charge in [-0.25, -0.2) is 0 Å². The fourth-order valence-electron chi connectivity index (χ4n) is 4.52. The lowest BCUT2D eigenvalue weighted by Gasteiger charge is -2.18. The highest BCUT2D eigenvalue weighted by atomic mass is 16.6. The Kier molecular flexibility index (Phi) is 14.3. The van der Waals surface area contributed by atoms with E-state index in [-0.39, 0.29) is 25.2 Å². The first-order valence-electron chi connectivity index (χ1n) is 14.0. The molecule has 2 rings (SSSR count). The minimum absolute atomic E-state index is 0.0842. The van der Waals surface area contributed by atoms with Crippen LogP contribution in [0.3, 0.4) is 0 Å². The predicted octanol–water partition coefficient (Wildman–Crippen LogP) is 5.91. The first-order valence-corrected chi connectivity index (χ1v) is 14.0. The van der Waals surface area contributed by atoms with E-state index in [1.165, 1.54) is 32.6 Å². The van der Waals surface area contributed by atoms with Crippen LogP contribution >= 0.6 is 0 Å². The molecule has 35 heavy (non-hydrogen) atoms. The van der Waals surface area contributed by atoms with Crippen LogP contribution in [0, 0.1) is 11.8 Å². The van der Waals surface area contributed by atoms with Crippen LogP contribution in [0.4, 0.5) is 0 Å². The Balaban J connectivity index is 1.48. The molecule has 2 aliphatic rings. The van der Waals surface area contributed by atoms with Crippen molar-refractivity contribution in [3.05, 3.63) is 0 Å². The molecule has 5 unspecified atom stereocenters. The first kappa shape index (κ1) is 29.6. The van der Waals surface area contributed by atoms with Gasteiger partial charge in [0.05, 0.1) is 12.2 Å². The number of unbranched alkanes of at least 4 members (excludes halogenated alkanes) is 8. The maximum atomic E-state index is 12.2. The summed E-state index contributed by atoms with van der Waals surface area (Å²) in [4.78, 5) is 35.4. The van der Waals surface area contributed by atoms with E-state index >= 15 is 0 Å². The second-order valence-electron chi connectivity index (χ2n) is 10.6. The lowest BCUT2D eigenvalue weighted by Crippen LogP contribution is -2.30. The normalized spacial score (nSPS) is 23.4. The van der Waals surface area contributed by atoms with Gasteiger partial charge in [0, 0.05) is 19.8 Å². The molecule has 0 aromatic rings. The molecule has 0 N–H and O–H groups in total. The molecule has 0 aromatic carbocycles. The van der Waals surface area contributed by atoms with E-state index in [2.05, 4.69) is 13.8 Å². The summed E-state index contributed by atoms with van der Waals surface area (Å²) in [7, 11) is 0. The zero-order chi connectivity index (χ0) is 25.5. The Hall–Kier alpha value is -1.63. The van der Waals surface area contributed by atoms with E-state index in [0.717, 1.165) is 69.6 Å². The van der Waals surface area contributed by atoms with Crippen LogP contribution in [0.25, 0.3) is 0 Å². The summed E-state index contributed by atoms with van der Waals surface area (Å²) >= 11 is 0. The second-order valence-corrected chi connectivity index (χ2v) is 10.6. The van der Waals surface area contributed by atoms with Crippen molar-refractivity contribution in [2.45, 2.75) is 135 Å². The fourth-order valence-corrected chi connectivity index (χ4v) is 4.52. The van der Waals surface area contributed by atoms with E-state index in [4.69, 9.17) is 18.9 Å². The van der Waals surface area contributed by atoms with Crippen molar-refractivity contribution in [1.82, 2.24) is 0 Å². The molecule has 0 aromatic heterocycles. The Morgan fingerprint density at radius 1 is 0.771 bits per heavy atom. The molecule has 1 saturated carbocycles. The number of hydrogen-bond acceptors (Lipinski definition) is 7. The van der Waals surface area contributed by atoms with Crippen molar-refractivity contribution in [2.24, 2.45) is 11.8 Å². The summed E-state index contributed by atoms with van der Waals surface area (Å²) in [5.74, 6) is 0.784. The minimum Gasteiger partial charge on any atom is -0.462 e. The lowest BCUT2D eigenvalue weighted by molar-refractivity contribution is -0.166. The van der Waals surface area contributed by atoms with Gasteiger partial charge in [0.25, 0.3) is 0 Å². The highest BCUT2D eigenvalue weighted by Crippen LogP contribution is 2.41.